The van der Waals surface area contributed by atoms with E-state index in [0.29, 0.717) is 5.56 Å². The Balaban J connectivity index is 3.28. The van der Waals surface area contributed by atoms with Gasteiger partial charge in [0, 0.05) is 0 Å². The average molecular weight is 249 g/mol. The van der Waals surface area contributed by atoms with Crippen molar-refractivity contribution in [2.75, 3.05) is 6.54 Å². The largest absolute Gasteiger partial charge is 0.410 e. The normalized spacial score (nSPS) is 15.7. The third kappa shape index (κ3) is 2.60. The fourth-order valence-electron chi connectivity index (χ4n) is 1.62. The van der Waals surface area contributed by atoms with Gasteiger partial charge in [-0.25, -0.2) is 4.39 Å². The van der Waals surface area contributed by atoms with Crippen molar-refractivity contribution in [2.24, 2.45) is 0 Å². The van der Waals surface area contributed by atoms with Crippen molar-refractivity contribution in [1.82, 2.24) is 5.32 Å². The Morgan fingerprint density at radius 1 is 1.24 bits per heavy atom. The van der Waals surface area contributed by atoms with Crippen molar-refractivity contribution in [3.8, 4) is 0 Å². The lowest BCUT2D eigenvalue weighted by Crippen LogP contribution is -2.51. The zero-order valence-electron chi connectivity index (χ0n) is 9.95. The molecule has 0 aliphatic rings. The minimum atomic E-state index is -4.48. The van der Waals surface area contributed by atoms with Crippen LogP contribution >= 0.6 is 0 Å². The van der Waals surface area contributed by atoms with Crippen LogP contribution in [0, 0.1) is 12.7 Å². The van der Waals surface area contributed by atoms with Gasteiger partial charge >= 0.3 is 6.18 Å². The van der Waals surface area contributed by atoms with Crippen molar-refractivity contribution < 1.29 is 17.6 Å². The number of nitrogens with one attached hydrogen (secondary N) is 1. The van der Waals surface area contributed by atoms with E-state index in [2.05, 4.69) is 5.32 Å². The van der Waals surface area contributed by atoms with Crippen LogP contribution in [0.1, 0.15) is 25.0 Å². The fourth-order valence-corrected chi connectivity index (χ4v) is 1.62. The highest BCUT2D eigenvalue weighted by molar-refractivity contribution is 5.30. The van der Waals surface area contributed by atoms with Gasteiger partial charge in [-0.3, -0.25) is 0 Å². The number of halogens is 4. The molecule has 0 fully saturated rings. The minimum Gasteiger partial charge on any atom is -0.300 e. The lowest BCUT2D eigenvalue weighted by molar-refractivity contribution is -0.195. The van der Waals surface area contributed by atoms with Crippen molar-refractivity contribution in [3.05, 3.63) is 35.1 Å². The Morgan fingerprint density at radius 2 is 1.82 bits per heavy atom. The summed E-state index contributed by atoms with van der Waals surface area (Å²) in [5, 5.41) is 2.37. The summed E-state index contributed by atoms with van der Waals surface area (Å²) in [7, 11) is 0. The summed E-state index contributed by atoms with van der Waals surface area (Å²) >= 11 is 0. The molecule has 0 saturated heterocycles. The van der Waals surface area contributed by atoms with E-state index in [1.165, 1.54) is 19.1 Å². The second-order valence-corrected chi connectivity index (χ2v) is 4.12. The van der Waals surface area contributed by atoms with E-state index >= 15 is 0 Å². The van der Waals surface area contributed by atoms with Crippen LogP contribution in [0.2, 0.25) is 0 Å². The van der Waals surface area contributed by atoms with E-state index in [9.17, 15) is 17.6 Å². The van der Waals surface area contributed by atoms with Crippen LogP contribution in [-0.4, -0.2) is 12.7 Å². The molecule has 0 heterocycles. The number of aryl methyl sites for hydroxylation is 1. The SMILES string of the molecule is CCNC(C)(c1ccc(C)c(F)c1)C(F)(F)F. The molecule has 0 amide bonds. The Kier molecular flexibility index (Phi) is 3.81. The first kappa shape index (κ1) is 14.0. The van der Waals surface area contributed by atoms with Gasteiger partial charge in [0.1, 0.15) is 11.4 Å². The molecule has 5 heteroatoms. The molecule has 0 bridgehead atoms. The molecule has 1 aromatic carbocycles. The molecule has 1 atom stereocenters. The van der Waals surface area contributed by atoms with Crippen molar-refractivity contribution in [3.63, 3.8) is 0 Å². The Bertz CT molecular complexity index is 400. The molecule has 1 unspecified atom stereocenters. The lowest BCUT2D eigenvalue weighted by atomic mass is 9.90. The van der Waals surface area contributed by atoms with Gasteiger partial charge in [-0.15, -0.1) is 0 Å². The zero-order valence-corrected chi connectivity index (χ0v) is 9.95. The third-order valence-corrected chi connectivity index (χ3v) is 2.85. The molecule has 0 aromatic heterocycles. The maximum Gasteiger partial charge on any atom is 0.410 e. The molecule has 0 aliphatic carbocycles. The summed E-state index contributed by atoms with van der Waals surface area (Å²) in [5.74, 6) is -0.629. The summed E-state index contributed by atoms with van der Waals surface area (Å²) < 4.78 is 52.4. The van der Waals surface area contributed by atoms with E-state index < -0.39 is 17.5 Å². The molecule has 1 rings (SSSR count). The predicted octanol–water partition coefficient (Wildman–Crippen LogP) is 3.52. The molecule has 0 saturated carbocycles. The van der Waals surface area contributed by atoms with Crippen LogP contribution in [0.25, 0.3) is 0 Å². The number of hydrogen-bond donors (Lipinski definition) is 1. The second kappa shape index (κ2) is 4.64. The van der Waals surface area contributed by atoms with Crippen LogP contribution in [-0.2, 0) is 5.54 Å². The van der Waals surface area contributed by atoms with Crippen molar-refractivity contribution >= 4 is 0 Å². The van der Waals surface area contributed by atoms with Gasteiger partial charge in [-0.2, -0.15) is 13.2 Å². The van der Waals surface area contributed by atoms with E-state index in [1.807, 2.05) is 0 Å². The van der Waals surface area contributed by atoms with Crippen molar-refractivity contribution in [1.29, 1.82) is 0 Å². The molecule has 1 nitrogen and oxygen atoms in total. The third-order valence-electron chi connectivity index (χ3n) is 2.85. The molecule has 0 aliphatic heterocycles. The highest BCUT2D eigenvalue weighted by Crippen LogP contribution is 2.38. The number of rotatable bonds is 3. The Labute approximate surface area is 97.8 Å². The van der Waals surface area contributed by atoms with Gasteiger partial charge in [0.05, 0.1) is 0 Å². The maximum atomic E-state index is 13.3. The van der Waals surface area contributed by atoms with Gasteiger partial charge in [0.2, 0.25) is 0 Å². The minimum absolute atomic E-state index is 0.116. The molecule has 0 spiro atoms. The van der Waals surface area contributed by atoms with Gasteiger partial charge in [-0.05, 0) is 37.6 Å². The van der Waals surface area contributed by atoms with Gasteiger partial charge < -0.3 is 5.32 Å². The Hall–Kier alpha value is -1.10. The zero-order chi connectivity index (χ0) is 13.3. The first-order valence-electron chi connectivity index (χ1n) is 5.30. The van der Waals surface area contributed by atoms with Gasteiger partial charge in [0.25, 0.3) is 0 Å². The first-order valence-corrected chi connectivity index (χ1v) is 5.30. The number of benzene rings is 1. The Morgan fingerprint density at radius 3 is 2.24 bits per heavy atom. The van der Waals surface area contributed by atoms with Crippen molar-refractivity contribution in [2.45, 2.75) is 32.5 Å². The summed E-state index contributed by atoms with van der Waals surface area (Å²) in [6.07, 6.45) is -4.48. The van der Waals surface area contributed by atoms with Crippen LogP contribution in [0.3, 0.4) is 0 Å². The smallest absolute Gasteiger partial charge is 0.300 e. The quantitative estimate of drug-likeness (QED) is 0.808. The lowest BCUT2D eigenvalue weighted by Gasteiger charge is -2.33. The summed E-state index contributed by atoms with van der Waals surface area (Å²) in [6.45, 7) is 4.25. The highest BCUT2D eigenvalue weighted by Gasteiger charge is 2.51. The monoisotopic (exact) mass is 249 g/mol. The molecule has 1 N–H and O–H groups in total. The molecule has 0 radical (unpaired) electrons. The fraction of sp³-hybridized carbons (Fsp3) is 0.500. The molecular formula is C12H15F4N. The van der Waals surface area contributed by atoms with Crippen LogP contribution in [0.4, 0.5) is 17.6 Å². The summed E-state index contributed by atoms with van der Waals surface area (Å²) in [4.78, 5) is 0. The van der Waals surface area contributed by atoms with Gasteiger partial charge in [-0.1, -0.05) is 19.1 Å². The molecule has 96 valence electrons. The molecule has 17 heavy (non-hydrogen) atoms. The van der Waals surface area contributed by atoms with E-state index in [0.717, 1.165) is 13.0 Å². The topological polar surface area (TPSA) is 12.0 Å². The summed E-state index contributed by atoms with van der Waals surface area (Å²) in [6, 6.07) is 3.59. The number of alkyl halides is 3. The second-order valence-electron chi connectivity index (χ2n) is 4.12. The summed E-state index contributed by atoms with van der Waals surface area (Å²) in [5.41, 5.74) is -2.01. The first-order chi connectivity index (χ1) is 7.72. The van der Waals surface area contributed by atoms with E-state index in [4.69, 9.17) is 0 Å². The van der Waals surface area contributed by atoms with E-state index in [1.54, 1.807) is 6.92 Å². The van der Waals surface area contributed by atoms with Crippen LogP contribution < -0.4 is 5.32 Å². The number of hydrogen-bond acceptors (Lipinski definition) is 1. The van der Waals surface area contributed by atoms with E-state index in [-0.39, 0.29) is 12.1 Å². The van der Waals surface area contributed by atoms with Gasteiger partial charge in [0.15, 0.2) is 0 Å². The molecular weight excluding hydrogens is 234 g/mol. The highest BCUT2D eigenvalue weighted by atomic mass is 19.4. The maximum absolute atomic E-state index is 13.3. The standard InChI is InChI=1S/C12H15F4N/c1-4-17-11(3,12(14,15)16)9-6-5-8(2)10(13)7-9/h5-7,17H,4H2,1-3H3. The molecule has 1 aromatic rings. The van der Waals surface area contributed by atoms with Crippen LogP contribution in [0.15, 0.2) is 18.2 Å². The van der Waals surface area contributed by atoms with Crippen LogP contribution in [0.5, 0.6) is 0 Å². The average Bonchev–Trinajstić information content (AvgIpc) is 2.20. The predicted molar refractivity (Wildman–Crippen MR) is 58.2 cm³/mol.